The molecular weight excluding hydrogens is 127 g/mol. The lowest BCUT2D eigenvalue weighted by Crippen LogP contribution is -2.04. The molecule has 0 amide bonds. The van der Waals surface area contributed by atoms with Gasteiger partial charge in [-0.1, -0.05) is 0 Å². The normalized spacial score (nSPS) is 11.4. The van der Waals surface area contributed by atoms with Crippen LogP contribution in [0.25, 0.3) is 0 Å². The Kier molecular flexibility index (Phi) is 2.54. The summed E-state index contributed by atoms with van der Waals surface area (Å²) in [6.07, 6.45) is 0. The molecule has 0 heterocycles. The fourth-order valence-electron chi connectivity index (χ4n) is 0.167. The highest BCUT2D eigenvalue weighted by atomic mass is 31.0. The Labute approximate surface area is 50.9 Å². The third-order valence-electron chi connectivity index (χ3n) is 0.407. The lowest BCUT2D eigenvalue weighted by molar-refractivity contribution is -0.119. The van der Waals surface area contributed by atoms with Crippen LogP contribution in [0.2, 0.25) is 0 Å². The van der Waals surface area contributed by atoms with Crippen LogP contribution < -0.4 is 0 Å². The van der Waals surface area contributed by atoms with E-state index in [1.165, 1.54) is 6.92 Å². The van der Waals surface area contributed by atoms with E-state index < -0.39 is 14.9 Å². The average molecular weight is 136 g/mol. The molecule has 0 aromatic carbocycles. The fraction of sp³-hybridized carbons (Fsp3) is 0.500. The van der Waals surface area contributed by atoms with Crippen LogP contribution in [0.4, 0.5) is 4.79 Å². The Bertz CT molecular complexity index is 125. The number of carbonyl (C=O) groups excluding carboxylic acids is 2. The summed E-state index contributed by atoms with van der Waals surface area (Å²) in [4.78, 5) is 20.3. The molecule has 0 saturated heterocycles. The Morgan fingerprint density at radius 3 is 2.88 bits per heavy atom. The third kappa shape index (κ3) is 5.57. The molecule has 0 aliphatic rings. The molecule has 0 aliphatic carbocycles. The maximum Gasteiger partial charge on any atom is 0.320 e. The van der Waals surface area contributed by atoms with Crippen molar-refractivity contribution in [2.75, 3.05) is 6.61 Å². The van der Waals surface area contributed by atoms with Gasteiger partial charge in [-0.2, -0.15) is 0 Å². The first-order valence-corrected chi connectivity index (χ1v) is 2.50. The maximum absolute atomic E-state index is 10.2. The highest BCUT2D eigenvalue weighted by molar-refractivity contribution is 7.39. The summed E-state index contributed by atoms with van der Waals surface area (Å²) in [6.45, 7) is 1.12. The quantitative estimate of drug-likeness (QED) is 0.533. The van der Waals surface area contributed by atoms with Crippen LogP contribution in [-0.2, 0) is 9.53 Å². The van der Waals surface area contributed by atoms with Gasteiger partial charge in [0.2, 0.25) is 0 Å². The zero-order valence-corrected chi connectivity index (χ0v) is 5.43. The number of Topliss-reactive ketones (excluding diaryl/α,β-unsaturated/α-hetero) is 1. The highest BCUT2D eigenvalue weighted by Crippen LogP contribution is 1.89. The molecule has 3 nitrogen and oxygen atoms in total. The Morgan fingerprint density at radius 2 is 2.50 bits per heavy atom. The second kappa shape index (κ2) is 3.56. The molecule has 46 valence electrons. The van der Waals surface area contributed by atoms with Crippen LogP contribution in [0.5, 0.6) is 0 Å². The van der Waals surface area contributed by atoms with Gasteiger partial charge < -0.3 is 4.74 Å². The SMILES string of the molecule is [3H]PC(=O)OCC(C)=O. The molecule has 0 saturated carbocycles. The number of ether oxygens (including phenoxy) is 1. The van der Waals surface area contributed by atoms with Crippen molar-refractivity contribution in [3.63, 3.8) is 0 Å². The van der Waals surface area contributed by atoms with E-state index in [-0.39, 0.29) is 12.4 Å². The molecule has 0 rings (SSSR count). The van der Waals surface area contributed by atoms with E-state index in [1.807, 2.05) is 0 Å². The van der Waals surface area contributed by atoms with Crippen LogP contribution >= 0.6 is 9.18 Å². The molecule has 1 atom stereocenters. The summed E-state index contributed by atoms with van der Waals surface area (Å²) >= 11 is 0. The predicted octanol–water partition coefficient (Wildman–Crippen LogP) is 0.587. The maximum atomic E-state index is 10.2. The molecular formula is C4H7O3P. The standard InChI is InChI=1S/C4H7O3P/c1-3(5)2-7-4(6)8/h2,8H2,1H3/i8T. The van der Waals surface area contributed by atoms with Crippen LogP contribution in [0, 0.1) is 0 Å². The number of carbonyl (C=O) groups is 2. The van der Waals surface area contributed by atoms with Gasteiger partial charge in [0.05, 0.1) is 1.28 Å². The molecule has 0 aromatic rings. The molecule has 0 radical (unpaired) electrons. The second-order valence-corrected chi connectivity index (χ2v) is 1.69. The summed E-state index contributed by atoms with van der Waals surface area (Å²) < 4.78 is 10.8. The Hall–Kier alpha value is -0.430. The van der Waals surface area contributed by atoms with Gasteiger partial charge in [0.1, 0.15) is 6.61 Å². The summed E-state index contributed by atoms with van der Waals surface area (Å²) in [5, 5.41) is 0. The van der Waals surface area contributed by atoms with Gasteiger partial charge >= 0.3 is 5.71 Å². The van der Waals surface area contributed by atoms with E-state index in [4.69, 9.17) is 1.28 Å². The van der Waals surface area contributed by atoms with Crippen molar-refractivity contribution in [1.82, 2.24) is 0 Å². The minimum absolute atomic E-state index is 0.204. The monoisotopic (exact) mass is 136 g/mol. The van der Waals surface area contributed by atoms with Crippen molar-refractivity contribution in [2.24, 2.45) is 0 Å². The second-order valence-electron chi connectivity index (χ2n) is 1.28. The van der Waals surface area contributed by atoms with Crippen LogP contribution in [0.1, 0.15) is 6.92 Å². The Balaban J connectivity index is 3.28. The fourth-order valence-corrected chi connectivity index (χ4v) is 0.239. The van der Waals surface area contributed by atoms with E-state index >= 15 is 0 Å². The molecule has 8 heavy (non-hydrogen) atoms. The van der Waals surface area contributed by atoms with Crippen molar-refractivity contribution >= 4 is 20.7 Å². The van der Waals surface area contributed by atoms with Crippen molar-refractivity contribution < 1.29 is 14.3 Å². The van der Waals surface area contributed by atoms with E-state index in [1.54, 1.807) is 0 Å². The van der Waals surface area contributed by atoms with E-state index in [0.29, 0.717) is 0 Å². The van der Waals surface area contributed by atoms with E-state index in [2.05, 4.69) is 4.74 Å². The van der Waals surface area contributed by atoms with Gasteiger partial charge in [-0.25, -0.2) is 4.79 Å². The summed E-state index contributed by atoms with van der Waals surface area (Å²) in [5.41, 5.74) is -0.634. The predicted molar refractivity (Wildman–Crippen MR) is 31.7 cm³/mol. The van der Waals surface area contributed by atoms with Gasteiger partial charge in [0, 0.05) is 0 Å². The lowest BCUT2D eigenvalue weighted by atomic mass is 10.5. The van der Waals surface area contributed by atoms with Crippen molar-refractivity contribution in [3.8, 4) is 0 Å². The first-order valence-electron chi connectivity index (χ1n) is 2.50. The van der Waals surface area contributed by atoms with Gasteiger partial charge in [0.15, 0.2) is 5.78 Å². The van der Waals surface area contributed by atoms with E-state index in [9.17, 15) is 9.59 Å². The van der Waals surface area contributed by atoms with Gasteiger partial charge in [-0.15, -0.1) is 0 Å². The van der Waals surface area contributed by atoms with E-state index in [0.717, 1.165) is 0 Å². The number of ketones is 1. The molecule has 0 bridgehead atoms. The summed E-state index contributed by atoms with van der Waals surface area (Å²) in [6, 6.07) is 0. The highest BCUT2D eigenvalue weighted by Gasteiger charge is 1.94. The third-order valence-corrected chi connectivity index (χ3v) is 0.551. The zero-order chi connectivity index (χ0) is 7.28. The minimum Gasteiger partial charge on any atom is -0.455 e. The van der Waals surface area contributed by atoms with Gasteiger partial charge in [0.25, 0.3) is 0 Å². The molecule has 0 aliphatic heterocycles. The van der Waals surface area contributed by atoms with Crippen molar-refractivity contribution in [1.29, 1.82) is 1.28 Å². The van der Waals surface area contributed by atoms with Gasteiger partial charge in [-0.3, -0.25) is 4.79 Å². The first-order chi connectivity index (χ1) is 4.16. The largest absolute Gasteiger partial charge is 0.455 e. The van der Waals surface area contributed by atoms with Crippen molar-refractivity contribution in [3.05, 3.63) is 0 Å². The van der Waals surface area contributed by atoms with Gasteiger partial charge in [-0.05, 0) is 16.1 Å². The smallest absolute Gasteiger partial charge is 0.320 e. The average Bonchev–Trinajstić information content (AvgIpc) is 1.83. The Morgan fingerprint density at radius 1 is 1.88 bits per heavy atom. The van der Waals surface area contributed by atoms with Crippen molar-refractivity contribution in [2.45, 2.75) is 6.92 Å². The van der Waals surface area contributed by atoms with Crippen LogP contribution in [0.15, 0.2) is 0 Å². The van der Waals surface area contributed by atoms with Crippen LogP contribution in [0.3, 0.4) is 0 Å². The molecule has 4 heteroatoms. The molecule has 0 spiro atoms. The lowest BCUT2D eigenvalue weighted by Gasteiger charge is -1.93. The minimum atomic E-state index is -0.634. The number of hydrogen-bond donors (Lipinski definition) is 0. The molecule has 0 aromatic heterocycles. The molecule has 1 unspecified atom stereocenters. The molecule has 0 N–H and O–H groups in total. The summed E-state index contributed by atoms with van der Waals surface area (Å²) in [7, 11) is -0.632. The topological polar surface area (TPSA) is 43.4 Å². The molecule has 0 fully saturated rings. The zero-order valence-electron chi connectivity index (χ0n) is 5.43. The summed E-state index contributed by atoms with van der Waals surface area (Å²) in [5.74, 6) is -0.207. The number of rotatable bonds is 3. The first kappa shape index (κ1) is 5.70. The number of hydrogen-bond acceptors (Lipinski definition) is 3. The van der Waals surface area contributed by atoms with Crippen LogP contribution in [-0.4, -0.2) is 19.4 Å².